The van der Waals surface area contributed by atoms with Gasteiger partial charge in [0.15, 0.2) is 0 Å². The summed E-state index contributed by atoms with van der Waals surface area (Å²) >= 11 is 18.4. The molecule has 2 unspecified atom stereocenters. The molecule has 5 atom stereocenters. The SMILES string of the molecule is O[C@@]1(c2nc3ccc(Br)cc3s2)C2CC3C[C@H]1C[C@](OCc1c(-c4c(Cl)cccc4Cl)noc1C1CC1)(C3)C2. The largest absolute Gasteiger partial charge is 0.382 e. The highest BCUT2D eigenvalue weighted by atomic mass is 79.9. The molecular formula is C30H27BrCl2N2O3S. The summed E-state index contributed by atoms with van der Waals surface area (Å²) in [6.07, 6.45) is 6.96. The van der Waals surface area contributed by atoms with Crippen LogP contribution in [-0.2, 0) is 16.9 Å². The second-order valence-corrected chi connectivity index (χ2v) is 14.8. The number of aromatic nitrogens is 2. The van der Waals surface area contributed by atoms with Crippen molar-refractivity contribution in [3.05, 3.63) is 67.2 Å². The predicted octanol–water partition coefficient (Wildman–Crippen LogP) is 8.88. The number of thiazole rings is 1. The van der Waals surface area contributed by atoms with Crippen LogP contribution in [0.25, 0.3) is 21.5 Å². The van der Waals surface area contributed by atoms with E-state index in [1.807, 2.05) is 30.3 Å². The molecular weight excluding hydrogens is 619 g/mol. The number of aliphatic hydroxyl groups is 1. The standard InChI is InChI=1S/C30H27BrCl2N2O3S/c31-19-6-7-23-24(10-19)39-28(34-23)30(36)17-8-15-9-18(30)13-29(11-15,12-17)37-14-20-26(35-38-27(20)16-4-5-16)25-21(32)2-1-3-22(25)33/h1-3,6-7,10,15-18,36H,4-5,8-9,11-14H2/t15?,17-,18?,29+,30+/m0/s1. The van der Waals surface area contributed by atoms with Crippen LogP contribution in [0.15, 0.2) is 45.4 Å². The minimum Gasteiger partial charge on any atom is -0.382 e. The van der Waals surface area contributed by atoms with E-state index in [1.165, 1.54) is 0 Å². The Morgan fingerprint density at radius 3 is 2.54 bits per heavy atom. The minimum atomic E-state index is -0.896. The van der Waals surface area contributed by atoms with E-state index in [4.69, 9.17) is 37.4 Å². The average molecular weight is 646 g/mol. The summed E-state index contributed by atoms with van der Waals surface area (Å²) in [5.74, 6) is 2.12. The number of halogens is 3. The van der Waals surface area contributed by atoms with Gasteiger partial charge in [-0.3, -0.25) is 0 Å². The highest BCUT2D eigenvalue weighted by Crippen LogP contribution is 2.65. The third-order valence-electron chi connectivity index (χ3n) is 9.56. The van der Waals surface area contributed by atoms with E-state index in [-0.39, 0.29) is 17.4 Å². The molecule has 9 rings (SSSR count). The predicted molar refractivity (Wildman–Crippen MR) is 156 cm³/mol. The Morgan fingerprint density at radius 1 is 1.08 bits per heavy atom. The Hall–Kier alpha value is -1.48. The lowest BCUT2D eigenvalue weighted by molar-refractivity contribution is -0.250. The third kappa shape index (κ3) is 3.98. The Balaban J connectivity index is 1.11. The molecule has 2 aromatic heterocycles. The molecule has 0 radical (unpaired) electrons. The number of fused-ring (bicyclic) bond motifs is 1. The summed E-state index contributed by atoms with van der Waals surface area (Å²) in [4.78, 5) is 4.94. The number of rotatable bonds is 6. The van der Waals surface area contributed by atoms with Crippen LogP contribution in [0, 0.1) is 17.8 Å². The van der Waals surface area contributed by atoms with Gasteiger partial charge in [0.05, 0.1) is 32.5 Å². The molecule has 0 amide bonds. The van der Waals surface area contributed by atoms with Gasteiger partial charge in [-0.05, 0) is 93.0 Å². The quantitative estimate of drug-likeness (QED) is 0.227. The zero-order chi connectivity index (χ0) is 26.5. The zero-order valence-corrected chi connectivity index (χ0v) is 25.0. The number of ether oxygens (including phenoxy) is 1. The van der Waals surface area contributed by atoms with Crippen LogP contribution >= 0.6 is 50.5 Å². The zero-order valence-electron chi connectivity index (χ0n) is 21.1. The van der Waals surface area contributed by atoms with Gasteiger partial charge in [-0.15, -0.1) is 11.3 Å². The Morgan fingerprint density at radius 2 is 1.82 bits per heavy atom. The first-order chi connectivity index (χ1) is 18.8. The van der Waals surface area contributed by atoms with E-state index in [9.17, 15) is 5.11 Å². The fraction of sp³-hybridized carbons (Fsp3) is 0.467. The van der Waals surface area contributed by atoms with E-state index in [0.29, 0.717) is 39.7 Å². The molecule has 5 saturated carbocycles. The molecule has 5 fully saturated rings. The van der Waals surface area contributed by atoms with Crippen LogP contribution < -0.4 is 0 Å². The van der Waals surface area contributed by atoms with Gasteiger partial charge < -0.3 is 14.4 Å². The van der Waals surface area contributed by atoms with Crippen molar-refractivity contribution in [3.63, 3.8) is 0 Å². The molecule has 0 spiro atoms. The normalized spacial score (nSPS) is 31.4. The summed E-state index contributed by atoms with van der Waals surface area (Å²) in [5, 5.41) is 18.7. The van der Waals surface area contributed by atoms with Gasteiger partial charge in [0.1, 0.15) is 22.1 Å². The number of nitrogens with zero attached hydrogens (tertiary/aromatic N) is 2. The minimum absolute atomic E-state index is 0.135. The van der Waals surface area contributed by atoms with E-state index in [1.54, 1.807) is 11.3 Å². The fourth-order valence-corrected chi connectivity index (χ4v) is 10.1. The molecule has 39 heavy (non-hydrogen) atoms. The van der Waals surface area contributed by atoms with Crippen LogP contribution in [0.2, 0.25) is 10.0 Å². The molecule has 5 aliphatic carbocycles. The van der Waals surface area contributed by atoms with Gasteiger partial charge in [0.25, 0.3) is 0 Å². The van der Waals surface area contributed by atoms with Crippen LogP contribution in [0.3, 0.4) is 0 Å². The van der Waals surface area contributed by atoms with Crippen LogP contribution in [0.1, 0.15) is 67.2 Å². The van der Waals surface area contributed by atoms with Crippen molar-refractivity contribution in [2.24, 2.45) is 17.8 Å². The summed E-state index contributed by atoms with van der Waals surface area (Å²) < 4.78 is 15.0. The lowest BCUT2D eigenvalue weighted by Crippen LogP contribution is -2.62. The summed E-state index contributed by atoms with van der Waals surface area (Å²) in [5.41, 5.74) is 2.16. The van der Waals surface area contributed by atoms with E-state index < -0.39 is 5.60 Å². The first kappa shape index (κ1) is 25.2. The van der Waals surface area contributed by atoms with Crippen LogP contribution in [0.5, 0.6) is 0 Å². The highest BCUT2D eigenvalue weighted by molar-refractivity contribution is 9.10. The molecule has 0 saturated heterocycles. The number of hydrogen-bond donors (Lipinski definition) is 1. The molecule has 4 bridgehead atoms. The first-order valence-electron chi connectivity index (χ1n) is 13.7. The fourth-order valence-electron chi connectivity index (χ4n) is 7.78. The van der Waals surface area contributed by atoms with Gasteiger partial charge in [0, 0.05) is 21.5 Å². The van der Waals surface area contributed by atoms with E-state index in [0.717, 1.165) is 76.0 Å². The summed E-state index contributed by atoms with van der Waals surface area (Å²) in [6, 6.07) is 11.6. The topological polar surface area (TPSA) is 68.4 Å². The molecule has 5 nitrogen and oxygen atoms in total. The van der Waals surface area contributed by atoms with Crippen LogP contribution in [-0.4, -0.2) is 20.8 Å². The monoisotopic (exact) mass is 644 g/mol. The molecule has 202 valence electrons. The third-order valence-corrected chi connectivity index (χ3v) is 11.8. The smallest absolute Gasteiger partial charge is 0.145 e. The maximum Gasteiger partial charge on any atom is 0.145 e. The molecule has 2 aromatic carbocycles. The lowest BCUT2D eigenvalue weighted by Gasteiger charge is -2.62. The summed E-state index contributed by atoms with van der Waals surface area (Å²) in [7, 11) is 0. The van der Waals surface area contributed by atoms with E-state index >= 15 is 0 Å². The Kier molecular flexibility index (Phi) is 5.83. The molecule has 4 aromatic rings. The van der Waals surface area contributed by atoms with Gasteiger partial charge in [0.2, 0.25) is 0 Å². The lowest BCUT2D eigenvalue weighted by atomic mass is 9.48. The van der Waals surface area contributed by atoms with Crippen molar-refractivity contribution in [1.82, 2.24) is 10.1 Å². The second-order valence-electron chi connectivity index (χ2n) is 12.0. The van der Waals surface area contributed by atoms with Crippen molar-refractivity contribution in [2.75, 3.05) is 0 Å². The average Bonchev–Trinajstić information content (AvgIpc) is 3.52. The molecule has 9 heteroatoms. The number of benzene rings is 2. The van der Waals surface area contributed by atoms with Gasteiger partial charge in [-0.1, -0.05) is 50.4 Å². The van der Waals surface area contributed by atoms with Crippen molar-refractivity contribution in [3.8, 4) is 11.3 Å². The first-order valence-corrected chi connectivity index (χ1v) is 16.1. The Bertz CT molecular complexity index is 1580. The van der Waals surface area contributed by atoms with Crippen LogP contribution in [0.4, 0.5) is 0 Å². The van der Waals surface area contributed by atoms with Gasteiger partial charge in [-0.2, -0.15) is 0 Å². The molecule has 0 aliphatic heterocycles. The molecule has 1 N–H and O–H groups in total. The number of hydrogen-bond acceptors (Lipinski definition) is 6. The van der Waals surface area contributed by atoms with Crippen molar-refractivity contribution >= 4 is 60.7 Å². The summed E-state index contributed by atoms with van der Waals surface area (Å²) in [6.45, 7) is 0.409. The van der Waals surface area contributed by atoms with Crippen molar-refractivity contribution < 1.29 is 14.4 Å². The second kappa shape index (κ2) is 9.01. The highest BCUT2D eigenvalue weighted by Gasteiger charge is 2.64. The van der Waals surface area contributed by atoms with E-state index in [2.05, 4.69) is 27.2 Å². The maximum atomic E-state index is 12.3. The maximum absolute atomic E-state index is 12.3. The molecule has 5 aliphatic rings. The van der Waals surface area contributed by atoms with Crippen molar-refractivity contribution in [2.45, 2.75) is 68.7 Å². The molecule has 2 heterocycles. The Labute approximate surface area is 249 Å². The van der Waals surface area contributed by atoms with Crippen molar-refractivity contribution in [1.29, 1.82) is 0 Å². The van der Waals surface area contributed by atoms with Gasteiger partial charge >= 0.3 is 0 Å². The van der Waals surface area contributed by atoms with Gasteiger partial charge in [-0.25, -0.2) is 4.98 Å².